The number of ether oxygens (including phenoxy) is 1. The number of alkyl halides is 5. The number of nitrogen functional groups attached to an aromatic ring is 1. The largest absolute Gasteiger partial charge is 0.416 e. The van der Waals surface area contributed by atoms with Gasteiger partial charge in [-0.1, -0.05) is 15.9 Å². The van der Waals surface area contributed by atoms with E-state index >= 15 is 0 Å². The van der Waals surface area contributed by atoms with E-state index in [1.54, 1.807) is 11.0 Å². The van der Waals surface area contributed by atoms with E-state index in [2.05, 4.69) is 26.6 Å². The van der Waals surface area contributed by atoms with Gasteiger partial charge in [-0.05, 0) is 25.0 Å². The standard InChI is InChI=1S/C23H29BrF5N5O3/c24-14-6-16(21(36)34-4-5-37-18(11-34)23(27,28)29)19(17(30)7-14)32-15-2-1-3-33(10-15)20(35)13-8-22(25,26)12-31-9-13/h6-7,13,15,18,31-32H,1-5,8-12,30H2/t13-,15-,18+/m1/s1. The Morgan fingerprint density at radius 3 is 2.65 bits per heavy atom. The number of amides is 2. The average molecular weight is 598 g/mol. The molecule has 206 valence electrons. The van der Waals surface area contributed by atoms with E-state index in [0.29, 0.717) is 23.9 Å². The van der Waals surface area contributed by atoms with Crippen molar-refractivity contribution in [1.82, 2.24) is 15.1 Å². The van der Waals surface area contributed by atoms with Crippen molar-refractivity contribution < 1.29 is 36.3 Å². The quantitative estimate of drug-likeness (QED) is 0.364. The Kier molecular flexibility index (Phi) is 8.19. The van der Waals surface area contributed by atoms with Crippen LogP contribution in [-0.2, 0) is 9.53 Å². The second-order valence-electron chi connectivity index (χ2n) is 9.73. The van der Waals surface area contributed by atoms with E-state index in [-0.39, 0.29) is 55.1 Å². The number of likely N-dealkylation sites (tertiary alicyclic amines) is 1. The third-order valence-corrected chi connectivity index (χ3v) is 7.29. The van der Waals surface area contributed by atoms with Crippen molar-refractivity contribution in [3.63, 3.8) is 0 Å². The molecule has 0 unspecified atom stereocenters. The molecule has 3 atom stereocenters. The number of nitrogens with one attached hydrogen (secondary N) is 2. The predicted molar refractivity (Wildman–Crippen MR) is 129 cm³/mol. The Labute approximate surface area is 219 Å². The summed E-state index contributed by atoms with van der Waals surface area (Å²) in [6.45, 7) is -0.530. The molecule has 1 aromatic rings. The molecule has 37 heavy (non-hydrogen) atoms. The van der Waals surface area contributed by atoms with Crippen molar-refractivity contribution in [3.05, 3.63) is 22.2 Å². The molecule has 0 bridgehead atoms. The summed E-state index contributed by atoms with van der Waals surface area (Å²) in [6.07, 6.45) is -5.96. The lowest BCUT2D eigenvalue weighted by Crippen LogP contribution is -2.53. The minimum absolute atomic E-state index is 0.0109. The van der Waals surface area contributed by atoms with Gasteiger partial charge >= 0.3 is 6.18 Å². The molecule has 4 N–H and O–H groups in total. The van der Waals surface area contributed by atoms with E-state index < -0.39 is 49.5 Å². The zero-order chi connectivity index (χ0) is 27.0. The van der Waals surface area contributed by atoms with Crippen LogP contribution in [0.5, 0.6) is 0 Å². The highest BCUT2D eigenvalue weighted by Gasteiger charge is 2.45. The Morgan fingerprint density at radius 1 is 1.19 bits per heavy atom. The third-order valence-electron chi connectivity index (χ3n) is 6.83. The lowest BCUT2D eigenvalue weighted by molar-refractivity contribution is -0.233. The highest BCUT2D eigenvalue weighted by atomic mass is 79.9. The molecule has 1 aromatic carbocycles. The minimum atomic E-state index is -4.60. The molecule has 3 aliphatic heterocycles. The van der Waals surface area contributed by atoms with Crippen molar-refractivity contribution in [2.24, 2.45) is 5.92 Å². The Balaban J connectivity index is 1.49. The van der Waals surface area contributed by atoms with Crippen molar-refractivity contribution in [2.45, 2.75) is 43.5 Å². The topological polar surface area (TPSA) is 99.9 Å². The highest BCUT2D eigenvalue weighted by Crippen LogP contribution is 2.34. The molecule has 3 saturated heterocycles. The van der Waals surface area contributed by atoms with Gasteiger partial charge in [0.2, 0.25) is 5.91 Å². The van der Waals surface area contributed by atoms with Gasteiger partial charge in [-0.25, -0.2) is 8.78 Å². The average Bonchev–Trinajstić information content (AvgIpc) is 2.83. The summed E-state index contributed by atoms with van der Waals surface area (Å²) in [5.74, 6) is -4.77. The first kappa shape index (κ1) is 27.8. The molecule has 3 heterocycles. The molecule has 0 radical (unpaired) electrons. The fourth-order valence-corrected chi connectivity index (χ4v) is 5.50. The predicted octanol–water partition coefficient (Wildman–Crippen LogP) is 3.08. The van der Waals surface area contributed by atoms with Crippen LogP contribution in [0, 0.1) is 5.92 Å². The van der Waals surface area contributed by atoms with Crippen LogP contribution >= 0.6 is 15.9 Å². The number of hydrogen-bond acceptors (Lipinski definition) is 6. The number of morpholine rings is 1. The van der Waals surface area contributed by atoms with Gasteiger partial charge in [0.05, 0.1) is 42.6 Å². The van der Waals surface area contributed by atoms with E-state index in [1.807, 2.05) is 0 Å². The first-order valence-corrected chi connectivity index (χ1v) is 12.8. The number of piperidine rings is 2. The smallest absolute Gasteiger partial charge is 0.397 e. The number of halogens is 6. The molecule has 3 aliphatic rings. The van der Waals surface area contributed by atoms with Crippen LogP contribution in [0.2, 0.25) is 0 Å². The van der Waals surface area contributed by atoms with Gasteiger partial charge in [-0.15, -0.1) is 0 Å². The molecular formula is C23H29BrF5N5O3. The Bertz CT molecular complexity index is 1030. The first-order valence-electron chi connectivity index (χ1n) is 12.0. The zero-order valence-corrected chi connectivity index (χ0v) is 21.5. The summed E-state index contributed by atoms with van der Waals surface area (Å²) in [7, 11) is 0. The lowest BCUT2D eigenvalue weighted by Gasteiger charge is -2.38. The first-order chi connectivity index (χ1) is 17.3. The van der Waals surface area contributed by atoms with Crippen LogP contribution in [0.15, 0.2) is 16.6 Å². The number of carbonyl (C=O) groups is 2. The monoisotopic (exact) mass is 597 g/mol. The molecule has 0 saturated carbocycles. The number of hydrogen-bond donors (Lipinski definition) is 3. The molecule has 0 spiro atoms. The van der Waals surface area contributed by atoms with Gasteiger partial charge in [-0.3, -0.25) is 9.59 Å². The summed E-state index contributed by atoms with van der Waals surface area (Å²) in [5, 5.41) is 5.82. The van der Waals surface area contributed by atoms with Gasteiger partial charge in [-0.2, -0.15) is 13.2 Å². The second-order valence-corrected chi connectivity index (χ2v) is 10.6. The fourth-order valence-electron chi connectivity index (χ4n) is 5.03. The lowest BCUT2D eigenvalue weighted by atomic mass is 9.94. The third kappa shape index (κ3) is 6.63. The molecule has 8 nitrogen and oxygen atoms in total. The van der Waals surface area contributed by atoms with Crippen molar-refractivity contribution >= 4 is 39.1 Å². The van der Waals surface area contributed by atoms with Gasteiger partial charge in [0.25, 0.3) is 11.8 Å². The van der Waals surface area contributed by atoms with Crippen LogP contribution in [0.4, 0.5) is 33.3 Å². The number of anilines is 2. The number of rotatable bonds is 4. The molecular weight excluding hydrogens is 569 g/mol. The van der Waals surface area contributed by atoms with Crippen LogP contribution in [0.1, 0.15) is 29.6 Å². The van der Waals surface area contributed by atoms with Crippen LogP contribution in [0.25, 0.3) is 0 Å². The Morgan fingerprint density at radius 2 is 1.95 bits per heavy atom. The molecule has 0 aliphatic carbocycles. The summed E-state index contributed by atoms with van der Waals surface area (Å²) in [6, 6.07) is 2.72. The summed E-state index contributed by atoms with van der Waals surface area (Å²) in [5.41, 5.74) is 6.76. The van der Waals surface area contributed by atoms with E-state index in [4.69, 9.17) is 10.5 Å². The summed E-state index contributed by atoms with van der Waals surface area (Å²) in [4.78, 5) is 28.9. The van der Waals surface area contributed by atoms with E-state index in [9.17, 15) is 31.5 Å². The number of nitrogens with zero attached hydrogens (tertiary/aromatic N) is 2. The van der Waals surface area contributed by atoms with Crippen molar-refractivity contribution in [1.29, 1.82) is 0 Å². The SMILES string of the molecule is Nc1cc(Br)cc(C(=O)N2CCO[C@H](C(F)(F)F)C2)c1N[C@@H]1CCCN(C(=O)[C@H]2CNCC(F)(F)C2)C1. The van der Waals surface area contributed by atoms with Crippen molar-refractivity contribution in [2.75, 3.05) is 56.9 Å². The minimum Gasteiger partial charge on any atom is -0.397 e. The van der Waals surface area contributed by atoms with Gasteiger partial charge in [0.1, 0.15) is 0 Å². The summed E-state index contributed by atoms with van der Waals surface area (Å²) < 4.78 is 72.5. The highest BCUT2D eigenvalue weighted by molar-refractivity contribution is 9.10. The number of benzene rings is 1. The second kappa shape index (κ2) is 10.9. The maximum absolute atomic E-state index is 13.8. The van der Waals surface area contributed by atoms with Gasteiger partial charge in [0, 0.05) is 43.1 Å². The normalized spacial score (nSPS) is 26.6. The molecule has 2 amide bonds. The summed E-state index contributed by atoms with van der Waals surface area (Å²) >= 11 is 3.29. The fraction of sp³-hybridized carbons (Fsp3) is 0.652. The molecule has 0 aromatic heterocycles. The molecule has 14 heteroatoms. The molecule has 4 rings (SSSR count). The van der Waals surface area contributed by atoms with Crippen LogP contribution < -0.4 is 16.4 Å². The maximum Gasteiger partial charge on any atom is 0.416 e. The van der Waals surface area contributed by atoms with Gasteiger partial charge < -0.3 is 30.9 Å². The Hall–Kier alpha value is -2.19. The van der Waals surface area contributed by atoms with Crippen LogP contribution in [0.3, 0.4) is 0 Å². The van der Waals surface area contributed by atoms with Crippen LogP contribution in [-0.4, -0.2) is 91.7 Å². The zero-order valence-electron chi connectivity index (χ0n) is 19.9. The van der Waals surface area contributed by atoms with Gasteiger partial charge in [0.15, 0.2) is 6.10 Å². The number of carbonyl (C=O) groups excluding carboxylic acids is 2. The number of nitrogens with two attached hydrogens (primary N) is 1. The van der Waals surface area contributed by atoms with E-state index in [0.717, 1.165) is 4.90 Å². The van der Waals surface area contributed by atoms with Crippen molar-refractivity contribution in [3.8, 4) is 0 Å². The van der Waals surface area contributed by atoms with E-state index in [1.165, 1.54) is 6.07 Å². The maximum atomic E-state index is 13.8. The molecule has 3 fully saturated rings.